The number of aromatic nitrogens is 2. The standard InChI is InChI=1S/C19H28N4O2/c1-11(2)17-16-14(9-12(3)21-19(16)25-23-17)18(24)22-15(10-20)13-7-5-4-6-8-13/h9,11,13,15H,4-8,10,20H2,1-3H3,(H,22,24). The molecule has 2 aromatic rings. The Morgan fingerprint density at radius 2 is 2.08 bits per heavy atom. The van der Waals surface area contributed by atoms with Gasteiger partial charge >= 0.3 is 0 Å². The molecule has 0 bridgehead atoms. The van der Waals surface area contributed by atoms with Crippen LogP contribution in [0.3, 0.4) is 0 Å². The van der Waals surface area contributed by atoms with Crippen molar-refractivity contribution >= 4 is 17.0 Å². The van der Waals surface area contributed by atoms with E-state index in [1.807, 2.05) is 26.8 Å². The van der Waals surface area contributed by atoms with E-state index in [4.69, 9.17) is 10.3 Å². The van der Waals surface area contributed by atoms with Crippen LogP contribution < -0.4 is 11.1 Å². The predicted octanol–water partition coefficient (Wildman–Crippen LogP) is 3.29. The minimum Gasteiger partial charge on any atom is -0.348 e. The molecule has 2 aromatic heterocycles. The third kappa shape index (κ3) is 3.68. The third-order valence-electron chi connectivity index (χ3n) is 5.18. The molecule has 0 saturated heterocycles. The Morgan fingerprint density at radius 1 is 1.36 bits per heavy atom. The summed E-state index contributed by atoms with van der Waals surface area (Å²) in [4.78, 5) is 17.4. The van der Waals surface area contributed by atoms with Crippen molar-refractivity contribution in [3.8, 4) is 0 Å². The molecular formula is C19H28N4O2. The van der Waals surface area contributed by atoms with Crippen LogP contribution in [0, 0.1) is 12.8 Å². The van der Waals surface area contributed by atoms with Gasteiger partial charge in [0.25, 0.3) is 11.6 Å². The van der Waals surface area contributed by atoms with Crippen molar-refractivity contribution in [1.82, 2.24) is 15.5 Å². The van der Waals surface area contributed by atoms with Crippen molar-refractivity contribution in [2.24, 2.45) is 11.7 Å². The van der Waals surface area contributed by atoms with E-state index < -0.39 is 0 Å². The van der Waals surface area contributed by atoms with E-state index in [1.165, 1.54) is 19.3 Å². The largest absolute Gasteiger partial charge is 0.348 e. The van der Waals surface area contributed by atoms with Crippen molar-refractivity contribution in [3.63, 3.8) is 0 Å². The zero-order valence-electron chi connectivity index (χ0n) is 15.3. The number of rotatable bonds is 5. The highest BCUT2D eigenvalue weighted by molar-refractivity contribution is 6.06. The van der Waals surface area contributed by atoms with Gasteiger partial charge in [0.1, 0.15) is 0 Å². The molecule has 6 heteroatoms. The molecule has 1 aliphatic carbocycles. The van der Waals surface area contributed by atoms with E-state index in [0.29, 0.717) is 23.7 Å². The van der Waals surface area contributed by atoms with Crippen LogP contribution in [0.2, 0.25) is 0 Å². The molecule has 6 nitrogen and oxygen atoms in total. The Kier molecular flexibility index (Phi) is 5.37. The monoisotopic (exact) mass is 344 g/mol. The summed E-state index contributed by atoms with van der Waals surface area (Å²) in [6.45, 7) is 6.38. The molecule has 3 rings (SSSR count). The number of aryl methyl sites for hydroxylation is 1. The minimum absolute atomic E-state index is 0.0127. The number of fused-ring (bicyclic) bond motifs is 1. The number of pyridine rings is 1. The summed E-state index contributed by atoms with van der Waals surface area (Å²) in [5.74, 6) is 0.510. The Balaban J connectivity index is 1.91. The molecule has 0 spiro atoms. The first-order valence-corrected chi connectivity index (χ1v) is 9.29. The number of carbonyl (C=O) groups is 1. The SMILES string of the molecule is Cc1cc(C(=O)NC(CN)C2CCCCC2)c2c(C(C)C)noc2n1. The van der Waals surface area contributed by atoms with Crippen LogP contribution in [0.4, 0.5) is 0 Å². The molecule has 1 atom stereocenters. The molecule has 136 valence electrons. The summed E-state index contributed by atoms with van der Waals surface area (Å²) >= 11 is 0. The number of amides is 1. The summed E-state index contributed by atoms with van der Waals surface area (Å²) in [5, 5.41) is 8.01. The molecule has 1 amide bonds. The number of hydrogen-bond acceptors (Lipinski definition) is 5. The number of hydrogen-bond donors (Lipinski definition) is 2. The van der Waals surface area contributed by atoms with Crippen LogP contribution >= 0.6 is 0 Å². The Labute approximate surface area is 148 Å². The van der Waals surface area contributed by atoms with E-state index in [9.17, 15) is 4.79 Å². The first-order chi connectivity index (χ1) is 12.0. The van der Waals surface area contributed by atoms with Gasteiger partial charge in [-0.2, -0.15) is 0 Å². The molecular weight excluding hydrogens is 316 g/mol. The van der Waals surface area contributed by atoms with Crippen LogP contribution in [0.15, 0.2) is 10.6 Å². The maximum atomic E-state index is 13.0. The molecule has 0 aliphatic heterocycles. The van der Waals surface area contributed by atoms with Gasteiger partial charge in [-0.05, 0) is 37.7 Å². The quantitative estimate of drug-likeness (QED) is 0.868. The highest BCUT2D eigenvalue weighted by Gasteiger charge is 2.27. The summed E-state index contributed by atoms with van der Waals surface area (Å²) in [6, 6.07) is 1.83. The average molecular weight is 344 g/mol. The second kappa shape index (κ2) is 7.52. The van der Waals surface area contributed by atoms with Gasteiger partial charge in [0, 0.05) is 18.3 Å². The van der Waals surface area contributed by atoms with E-state index in [-0.39, 0.29) is 17.9 Å². The topological polar surface area (TPSA) is 94.0 Å². The van der Waals surface area contributed by atoms with Gasteiger partial charge in [-0.1, -0.05) is 38.3 Å². The van der Waals surface area contributed by atoms with E-state index >= 15 is 0 Å². The number of nitrogens with two attached hydrogens (primary N) is 1. The minimum atomic E-state index is -0.110. The van der Waals surface area contributed by atoms with Gasteiger partial charge in [-0.3, -0.25) is 4.79 Å². The summed E-state index contributed by atoms with van der Waals surface area (Å²) in [7, 11) is 0. The number of carbonyl (C=O) groups excluding carboxylic acids is 1. The zero-order valence-corrected chi connectivity index (χ0v) is 15.3. The maximum Gasteiger partial charge on any atom is 0.259 e. The van der Waals surface area contributed by atoms with Crippen LogP contribution in [-0.4, -0.2) is 28.6 Å². The molecule has 1 saturated carbocycles. The van der Waals surface area contributed by atoms with Crippen molar-refractivity contribution in [1.29, 1.82) is 0 Å². The van der Waals surface area contributed by atoms with Crippen molar-refractivity contribution in [2.75, 3.05) is 6.54 Å². The van der Waals surface area contributed by atoms with Gasteiger partial charge in [-0.25, -0.2) is 4.98 Å². The highest BCUT2D eigenvalue weighted by atomic mass is 16.5. The second-order valence-corrected chi connectivity index (χ2v) is 7.43. The van der Waals surface area contributed by atoms with Gasteiger partial charge in [-0.15, -0.1) is 0 Å². The predicted molar refractivity (Wildman–Crippen MR) is 97.5 cm³/mol. The van der Waals surface area contributed by atoms with Crippen molar-refractivity contribution in [2.45, 2.75) is 64.8 Å². The molecule has 1 fully saturated rings. The molecule has 3 N–H and O–H groups in total. The van der Waals surface area contributed by atoms with Crippen LogP contribution in [0.25, 0.3) is 11.1 Å². The molecule has 25 heavy (non-hydrogen) atoms. The first kappa shape index (κ1) is 17.9. The zero-order chi connectivity index (χ0) is 18.0. The average Bonchev–Trinajstić information content (AvgIpc) is 3.03. The van der Waals surface area contributed by atoms with Gasteiger partial charge in [0.05, 0.1) is 16.6 Å². The Hall–Kier alpha value is -1.95. The van der Waals surface area contributed by atoms with Gasteiger partial charge < -0.3 is 15.6 Å². The van der Waals surface area contributed by atoms with Gasteiger partial charge in [0.15, 0.2) is 0 Å². The first-order valence-electron chi connectivity index (χ1n) is 9.29. The van der Waals surface area contributed by atoms with Crippen LogP contribution in [0.5, 0.6) is 0 Å². The highest BCUT2D eigenvalue weighted by Crippen LogP contribution is 2.29. The van der Waals surface area contributed by atoms with Crippen LogP contribution in [0.1, 0.15) is 73.6 Å². The Bertz CT molecular complexity index is 747. The Morgan fingerprint density at radius 3 is 2.72 bits per heavy atom. The lowest BCUT2D eigenvalue weighted by atomic mass is 9.83. The normalized spacial score (nSPS) is 17.2. The fourth-order valence-electron chi connectivity index (χ4n) is 3.82. The van der Waals surface area contributed by atoms with E-state index in [0.717, 1.165) is 29.6 Å². The van der Waals surface area contributed by atoms with E-state index in [1.54, 1.807) is 0 Å². The summed E-state index contributed by atoms with van der Waals surface area (Å²) in [6.07, 6.45) is 6.00. The second-order valence-electron chi connectivity index (χ2n) is 7.43. The van der Waals surface area contributed by atoms with Crippen LogP contribution in [-0.2, 0) is 0 Å². The van der Waals surface area contributed by atoms with Crippen molar-refractivity contribution in [3.05, 3.63) is 23.0 Å². The third-order valence-corrected chi connectivity index (χ3v) is 5.18. The lowest BCUT2D eigenvalue weighted by molar-refractivity contribution is 0.0917. The molecule has 0 radical (unpaired) electrons. The lowest BCUT2D eigenvalue weighted by Gasteiger charge is -2.30. The van der Waals surface area contributed by atoms with Crippen molar-refractivity contribution < 1.29 is 9.32 Å². The molecule has 1 aliphatic rings. The molecule has 2 heterocycles. The number of nitrogens with zero attached hydrogens (tertiary/aromatic N) is 2. The molecule has 0 aromatic carbocycles. The number of nitrogens with one attached hydrogen (secondary N) is 1. The maximum absolute atomic E-state index is 13.0. The fourth-order valence-corrected chi connectivity index (χ4v) is 3.82. The molecule has 1 unspecified atom stereocenters. The summed E-state index contributed by atoms with van der Waals surface area (Å²) in [5.41, 5.74) is 8.50. The smallest absolute Gasteiger partial charge is 0.259 e. The van der Waals surface area contributed by atoms with E-state index in [2.05, 4.69) is 15.5 Å². The lowest BCUT2D eigenvalue weighted by Crippen LogP contribution is -2.46. The van der Waals surface area contributed by atoms with Gasteiger partial charge in [0.2, 0.25) is 0 Å². The fraction of sp³-hybridized carbons (Fsp3) is 0.632. The summed E-state index contributed by atoms with van der Waals surface area (Å²) < 4.78 is 5.36.